The monoisotopic (exact) mass is 518 g/mol. The molecule has 0 radical (unpaired) electrons. The smallest absolute Gasteiger partial charge is 0.243 e. The zero-order valence-electron chi connectivity index (χ0n) is 19.8. The van der Waals surface area contributed by atoms with Crippen molar-refractivity contribution in [2.24, 2.45) is 11.5 Å². The van der Waals surface area contributed by atoms with E-state index >= 15 is 4.39 Å². The number of nitrogen functional groups attached to an aromatic ring is 1. The van der Waals surface area contributed by atoms with Crippen molar-refractivity contribution in [2.75, 3.05) is 26.2 Å². The number of alkyl halides is 1. The Bertz CT molecular complexity index is 1080. The SMILES string of the molecule is N=C(N)c1csc(CNC(=O)[C@@H]2C[C@](F)(CN)CN2C(=O)CNC(=O)CCCOc2ccccc2)c1. The van der Waals surface area contributed by atoms with Crippen LogP contribution in [0.2, 0.25) is 0 Å². The minimum atomic E-state index is -1.89. The van der Waals surface area contributed by atoms with Crippen molar-refractivity contribution in [2.45, 2.75) is 37.5 Å². The van der Waals surface area contributed by atoms with E-state index in [1.807, 2.05) is 30.3 Å². The van der Waals surface area contributed by atoms with Crippen LogP contribution < -0.4 is 26.8 Å². The number of nitrogens with two attached hydrogens (primary N) is 2. The topological polar surface area (TPSA) is 164 Å². The molecule has 194 valence electrons. The molecule has 12 heteroatoms. The number of para-hydroxylation sites is 1. The summed E-state index contributed by atoms with van der Waals surface area (Å²) in [5, 5.41) is 14.4. The highest BCUT2D eigenvalue weighted by molar-refractivity contribution is 7.10. The zero-order valence-corrected chi connectivity index (χ0v) is 20.6. The van der Waals surface area contributed by atoms with Crippen LogP contribution in [0.4, 0.5) is 4.39 Å². The van der Waals surface area contributed by atoms with E-state index in [4.69, 9.17) is 21.6 Å². The highest BCUT2D eigenvalue weighted by Crippen LogP contribution is 2.30. The van der Waals surface area contributed by atoms with Gasteiger partial charge in [0.1, 0.15) is 23.3 Å². The summed E-state index contributed by atoms with van der Waals surface area (Å²) in [6.07, 6.45) is 0.385. The van der Waals surface area contributed by atoms with Gasteiger partial charge >= 0.3 is 0 Å². The predicted octanol–water partition coefficient (Wildman–Crippen LogP) is 0.892. The fraction of sp³-hybridized carbons (Fsp3) is 0.417. The molecule has 1 aromatic heterocycles. The first-order valence-electron chi connectivity index (χ1n) is 11.5. The average molecular weight is 519 g/mol. The molecule has 36 heavy (non-hydrogen) atoms. The second-order valence-electron chi connectivity index (χ2n) is 8.57. The molecule has 1 aromatic carbocycles. The van der Waals surface area contributed by atoms with Crippen LogP contribution in [0.1, 0.15) is 29.7 Å². The number of ether oxygens (including phenoxy) is 1. The predicted molar refractivity (Wildman–Crippen MR) is 134 cm³/mol. The van der Waals surface area contributed by atoms with Crippen molar-refractivity contribution in [1.29, 1.82) is 5.41 Å². The molecule has 0 spiro atoms. The number of carbonyl (C=O) groups is 3. The molecular weight excluding hydrogens is 487 g/mol. The Morgan fingerprint density at radius 2 is 2.00 bits per heavy atom. The number of thiophene rings is 1. The van der Waals surface area contributed by atoms with Gasteiger partial charge in [-0.15, -0.1) is 11.3 Å². The van der Waals surface area contributed by atoms with E-state index in [1.165, 1.54) is 11.3 Å². The number of nitrogens with zero attached hydrogens (tertiary/aromatic N) is 1. The average Bonchev–Trinajstić information content (AvgIpc) is 3.50. The molecule has 1 aliphatic heterocycles. The lowest BCUT2D eigenvalue weighted by Gasteiger charge is -2.24. The van der Waals surface area contributed by atoms with Crippen LogP contribution in [-0.2, 0) is 20.9 Å². The highest BCUT2D eigenvalue weighted by Gasteiger charge is 2.48. The molecule has 1 fully saturated rings. The fourth-order valence-corrected chi connectivity index (χ4v) is 4.61. The summed E-state index contributed by atoms with van der Waals surface area (Å²) < 4.78 is 20.6. The van der Waals surface area contributed by atoms with Crippen LogP contribution in [0.5, 0.6) is 5.75 Å². The van der Waals surface area contributed by atoms with Gasteiger partial charge in [-0.1, -0.05) is 18.2 Å². The van der Waals surface area contributed by atoms with E-state index in [0.29, 0.717) is 24.3 Å². The van der Waals surface area contributed by atoms with Crippen molar-refractivity contribution in [1.82, 2.24) is 15.5 Å². The van der Waals surface area contributed by atoms with E-state index < -0.39 is 23.5 Å². The molecule has 3 amide bonds. The molecule has 0 bridgehead atoms. The standard InChI is InChI=1S/C24H31FN6O4S/c25-24(14-26)10-19(23(34)30-11-18-9-16(13-36-18)22(27)28)31(15-24)21(33)12-29-20(32)7-4-8-35-17-5-2-1-3-6-17/h1-3,5-6,9,13,19H,4,7-8,10-12,14-15,26H2,(H3,27,28)(H,29,32)(H,30,34)/t19-,24-/m0/s1. The lowest BCUT2D eigenvalue weighted by atomic mass is 10.0. The van der Waals surface area contributed by atoms with Gasteiger partial charge < -0.3 is 31.7 Å². The van der Waals surface area contributed by atoms with E-state index in [-0.39, 0.29) is 50.8 Å². The van der Waals surface area contributed by atoms with Crippen LogP contribution in [0.25, 0.3) is 0 Å². The molecule has 1 aliphatic rings. The third-order valence-electron chi connectivity index (χ3n) is 5.78. The minimum Gasteiger partial charge on any atom is -0.494 e. The quantitative estimate of drug-likeness (QED) is 0.159. The second-order valence-corrected chi connectivity index (χ2v) is 9.57. The first-order chi connectivity index (χ1) is 17.2. The third kappa shape index (κ3) is 7.49. The van der Waals surface area contributed by atoms with Gasteiger partial charge in [0, 0.05) is 35.2 Å². The molecule has 0 unspecified atom stereocenters. The summed E-state index contributed by atoms with van der Waals surface area (Å²) in [6.45, 7) is -0.511. The van der Waals surface area contributed by atoms with Gasteiger partial charge in [-0.3, -0.25) is 19.8 Å². The number of nitrogens with one attached hydrogen (secondary N) is 3. The van der Waals surface area contributed by atoms with Crippen molar-refractivity contribution in [3.05, 3.63) is 52.2 Å². The summed E-state index contributed by atoms with van der Waals surface area (Å²) in [5.41, 5.74) is 9.68. The first kappa shape index (κ1) is 27.1. The molecular formula is C24H31FN6O4S. The van der Waals surface area contributed by atoms with E-state index in [1.54, 1.807) is 11.4 Å². The van der Waals surface area contributed by atoms with E-state index in [9.17, 15) is 14.4 Å². The molecule has 0 saturated carbocycles. The Morgan fingerprint density at radius 3 is 2.67 bits per heavy atom. The summed E-state index contributed by atoms with van der Waals surface area (Å²) in [7, 11) is 0. The molecule has 2 atom stereocenters. The normalized spacial score (nSPS) is 19.1. The Hall–Kier alpha value is -3.51. The van der Waals surface area contributed by atoms with Gasteiger partial charge in [-0.05, 0) is 24.6 Å². The highest BCUT2D eigenvalue weighted by atomic mass is 32.1. The van der Waals surface area contributed by atoms with Crippen LogP contribution in [-0.4, -0.2) is 66.4 Å². The lowest BCUT2D eigenvalue weighted by Crippen LogP contribution is -2.49. The maximum atomic E-state index is 15.0. The summed E-state index contributed by atoms with van der Waals surface area (Å²) in [5.74, 6) is -0.790. The number of likely N-dealkylation sites (tertiary alicyclic amines) is 1. The fourth-order valence-electron chi connectivity index (χ4n) is 3.79. The van der Waals surface area contributed by atoms with E-state index in [0.717, 1.165) is 9.78 Å². The summed E-state index contributed by atoms with van der Waals surface area (Å²) in [4.78, 5) is 39.7. The van der Waals surface area contributed by atoms with Gasteiger partial charge in [-0.25, -0.2) is 4.39 Å². The number of rotatable bonds is 12. The lowest BCUT2D eigenvalue weighted by molar-refractivity contribution is -0.138. The Kier molecular flexibility index (Phi) is 9.37. The number of amides is 3. The van der Waals surface area contributed by atoms with Crippen LogP contribution in [0.15, 0.2) is 41.8 Å². The van der Waals surface area contributed by atoms with Gasteiger partial charge in [-0.2, -0.15) is 0 Å². The van der Waals surface area contributed by atoms with Gasteiger partial charge in [0.15, 0.2) is 0 Å². The number of benzene rings is 1. The molecule has 1 saturated heterocycles. The number of carbonyl (C=O) groups excluding carboxylic acids is 3. The largest absolute Gasteiger partial charge is 0.494 e. The molecule has 10 nitrogen and oxygen atoms in total. The van der Waals surface area contributed by atoms with Crippen molar-refractivity contribution in [3.63, 3.8) is 0 Å². The van der Waals surface area contributed by atoms with Gasteiger partial charge in [0.25, 0.3) is 0 Å². The van der Waals surface area contributed by atoms with Crippen LogP contribution in [0.3, 0.4) is 0 Å². The maximum absolute atomic E-state index is 15.0. The Labute approximate surface area is 212 Å². The van der Waals surface area contributed by atoms with Crippen LogP contribution in [0, 0.1) is 5.41 Å². The number of amidine groups is 1. The Morgan fingerprint density at radius 1 is 1.25 bits per heavy atom. The van der Waals surface area contributed by atoms with E-state index in [2.05, 4.69) is 10.6 Å². The summed E-state index contributed by atoms with van der Waals surface area (Å²) in [6, 6.07) is 9.85. The molecule has 2 aromatic rings. The minimum absolute atomic E-state index is 0.0766. The van der Waals surface area contributed by atoms with Crippen LogP contribution >= 0.6 is 11.3 Å². The number of hydrogen-bond donors (Lipinski definition) is 5. The molecule has 3 rings (SSSR count). The first-order valence-corrected chi connectivity index (χ1v) is 12.4. The summed E-state index contributed by atoms with van der Waals surface area (Å²) >= 11 is 1.33. The molecule has 0 aliphatic carbocycles. The van der Waals surface area contributed by atoms with Crippen molar-refractivity contribution < 1.29 is 23.5 Å². The molecule has 7 N–H and O–H groups in total. The molecule has 2 heterocycles. The maximum Gasteiger partial charge on any atom is 0.243 e. The van der Waals surface area contributed by atoms with Crippen molar-refractivity contribution in [3.8, 4) is 5.75 Å². The Balaban J connectivity index is 1.48. The second kappa shape index (κ2) is 12.5. The van der Waals surface area contributed by atoms with Gasteiger partial charge in [0.2, 0.25) is 17.7 Å². The van der Waals surface area contributed by atoms with Crippen molar-refractivity contribution >= 4 is 34.9 Å². The zero-order chi connectivity index (χ0) is 26.1. The van der Waals surface area contributed by atoms with Gasteiger partial charge in [0.05, 0.1) is 26.2 Å². The number of halogens is 1. The third-order valence-corrected chi connectivity index (χ3v) is 6.71. The number of hydrogen-bond acceptors (Lipinski definition) is 7.